The SMILES string of the molecule is CCC(=NOC(=O)c1ccc(Cl)cc1)C(=O)c1ccc2sc3ccccc3c2c1. The molecule has 4 nitrogen and oxygen atoms in total. The molecule has 0 aliphatic carbocycles. The highest BCUT2D eigenvalue weighted by molar-refractivity contribution is 7.25. The average molecular weight is 422 g/mol. The third-order valence-corrected chi connectivity index (χ3v) is 5.96. The van der Waals surface area contributed by atoms with E-state index in [1.807, 2.05) is 30.3 Å². The van der Waals surface area contributed by atoms with Gasteiger partial charge in [0.15, 0.2) is 0 Å². The molecule has 0 saturated heterocycles. The normalized spacial score (nSPS) is 11.7. The van der Waals surface area contributed by atoms with E-state index in [9.17, 15) is 9.59 Å². The summed E-state index contributed by atoms with van der Waals surface area (Å²) < 4.78 is 2.29. The van der Waals surface area contributed by atoms with Crippen LogP contribution in [0.4, 0.5) is 0 Å². The number of benzene rings is 3. The molecule has 144 valence electrons. The van der Waals surface area contributed by atoms with Gasteiger partial charge in [-0.05, 0) is 55.0 Å². The third kappa shape index (κ3) is 3.92. The predicted octanol–water partition coefficient (Wildman–Crippen LogP) is 6.51. The number of fused-ring (bicyclic) bond motifs is 3. The van der Waals surface area contributed by atoms with Gasteiger partial charge in [0.25, 0.3) is 0 Å². The minimum absolute atomic E-state index is 0.186. The molecule has 1 aromatic heterocycles. The standard InChI is InChI=1S/C23H16ClNO3S/c1-2-19(25-28-23(27)14-7-10-16(24)11-8-14)22(26)15-9-12-21-18(13-15)17-5-3-4-6-20(17)29-21/h3-13H,2H2,1H3. The van der Waals surface area contributed by atoms with E-state index in [0.717, 1.165) is 15.5 Å². The molecule has 3 aromatic carbocycles. The lowest BCUT2D eigenvalue weighted by Crippen LogP contribution is -2.15. The molecule has 1 heterocycles. The van der Waals surface area contributed by atoms with Crippen molar-refractivity contribution in [3.8, 4) is 0 Å². The van der Waals surface area contributed by atoms with Crippen LogP contribution in [0.15, 0.2) is 71.9 Å². The Morgan fingerprint density at radius 2 is 1.62 bits per heavy atom. The molecule has 6 heteroatoms. The molecular weight excluding hydrogens is 406 g/mol. The van der Waals surface area contributed by atoms with Crippen LogP contribution >= 0.6 is 22.9 Å². The number of ketones is 1. The molecule has 0 N–H and O–H groups in total. The Balaban J connectivity index is 1.61. The van der Waals surface area contributed by atoms with Crippen LogP contribution < -0.4 is 0 Å². The maximum Gasteiger partial charge on any atom is 0.365 e. The van der Waals surface area contributed by atoms with Crippen molar-refractivity contribution in [1.82, 2.24) is 0 Å². The molecule has 0 aliphatic rings. The highest BCUT2D eigenvalue weighted by atomic mass is 35.5. The van der Waals surface area contributed by atoms with Gasteiger partial charge in [0.2, 0.25) is 5.78 Å². The summed E-state index contributed by atoms with van der Waals surface area (Å²) in [7, 11) is 0. The summed E-state index contributed by atoms with van der Waals surface area (Å²) in [6.07, 6.45) is 0.342. The summed E-state index contributed by atoms with van der Waals surface area (Å²) in [6.45, 7) is 1.80. The summed E-state index contributed by atoms with van der Waals surface area (Å²) in [5.74, 6) is -0.895. The van der Waals surface area contributed by atoms with E-state index in [1.165, 1.54) is 4.70 Å². The van der Waals surface area contributed by atoms with Crippen LogP contribution in [0.5, 0.6) is 0 Å². The summed E-state index contributed by atoms with van der Waals surface area (Å²) >= 11 is 7.51. The van der Waals surface area contributed by atoms with Crippen molar-refractivity contribution in [1.29, 1.82) is 0 Å². The second-order valence-electron chi connectivity index (χ2n) is 6.42. The summed E-state index contributed by atoms with van der Waals surface area (Å²) in [6, 6.07) is 20.0. The summed E-state index contributed by atoms with van der Waals surface area (Å²) in [4.78, 5) is 30.1. The van der Waals surface area contributed by atoms with E-state index in [4.69, 9.17) is 16.4 Å². The molecule has 0 unspecified atom stereocenters. The Morgan fingerprint density at radius 1 is 0.931 bits per heavy atom. The van der Waals surface area contributed by atoms with Crippen LogP contribution in [0.2, 0.25) is 5.02 Å². The Bertz CT molecular complexity index is 1260. The number of carbonyl (C=O) groups is 2. The highest BCUT2D eigenvalue weighted by Gasteiger charge is 2.16. The van der Waals surface area contributed by atoms with Crippen LogP contribution in [0.1, 0.15) is 34.1 Å². The van der Waals surface area contributed by atoms with Crippen LogP contribution in [0.3, 0.4) is 0 Å². The molecule has 29 heavy (non-hydrogen) atoms. The quantitative estimate of drug-likeness (QED) is 0.160. The molecule has 4 rings (SSSR count). The Kier molecular flexibility index (Phi) is 5.43. The van der Waals surface area contributed by atoms with Crippen molar-refractivity contribution in [2.75, 3.05) is 0 Å². The van der Waals surface area contributed by atoms with Gasteiger partial charge >= 0.3 is 5.97 Å². The molecule has 0 aliphatic heterocycles. The Morgan fingerprint density at radius 3 is 2.38 bits per heavy atom. The fraction of sp³-hybridized carbons (Fsp3) is 0.0870. The van der Waals surface area contributed by atoms with E-state index in [2.05, 4.69) is 11.2 Å². The smallest absolute Gasteiger partial charge is 0.312 e. The minimum Gasteiger partial charge on any atom is -0.312 e. The zero-order valence-corrected chi connectivity index (χ0v) is 17.1. The number of rotatable bonds is 5. The van der Waals surface area contributed by atoms with E-state index in [1.54, 1.807) is 48.6 Å². The molecule has 0 amide bonds. The zero-order chi connectivity index (χ0) is 20.4. The lowest BCUT2D eigenvalue weighted by molar-refractivity contribution is 0.0515. The van der Waals surface area contributed by atoms with Crippen molar-refractivity contribution in [3.05, 3.63) is 82.9 Å². The highest BCUT2D eigenvalue weighted by Crippen LogP contribution is 2.34. The number of hydrogen-bond acceptors (Lipinski definition) is 5. The molecule has 4 aromatic rings. The molecule has 0 atom stereocenters. The van der Waals surface area contributed by atoms with Crippen molar-refractivity contribution in [2.45, 2.75) is 13.3 Å². The van der Waals surface area contributed by atoms with Gasteiger partial charge in [0.05, 0.1) is 5.56 Å². The Hall–Kier alpha value is -3.02. The minimum atomic E-state index is -0.639. The first kappa shape index (κ1) is 19.3. The number of Topliss-reactive ketones (excluding diaryl/α,β-unsaturated/α-hetero) is 1. The summed E-state index contributed by atoms with van der Waals surface area (Å²) in [5, 5.41) is 6.50. The number of oxime groups is 1. The second-order valence-corrected chi connectivity index (χ2v) is 7.94. The number of thiophene rings is 1. The van der Waals surface area contributed by atoms with Gasteiger partial charge in [0.1, 0.15) is 5.71 Å². The van der Waals surface area contributed by atoms with Gasteiger partial charge in [0, 0.05) is 30.8 Å². The topological polar surface area (TPSA) is 55.7 Å². The molecule has 0 bridgehead atoms. The van der Waals surface area contributed by atoms with Gasteiger partial charge in [-0.1, -0.05) is 41.9 Å². The fourth-order valence-corrected chi connectivity index (χ4v) is 4.25. The lowest BCUT2D eigenvalue weighted by atomic mass is 10.0. The zero-order valence-electron chi connectivity index (χ0n) is 15.5. The molecular formula is C23H16ClNO3S. The van der Waals surface area contributed by atoms with Crippen molar-refractivity contribution in [3.63, 3.8) is 0 Å². The first-order chi connectivity index (χ1) is 14.1. The van der Waals surface area contributed by atoms with Gasteiger partial charge in [-0.25, -0.2) is 4.79 Å². The van der Waals surface area contributed by atoms with Gasteiger partial charge in [-0.3, -0.25) is 4.79 Å². The monoisotopic (exact) mass is 421 g/mol. The van der Waals surface area contributed by atoms with E-state index >= 15 is 0 Å². The second kappa shape index (κ2) is 8.15. The molecule has 0 radical (unpaired) electrons. The fourth-order valence-electron chi connectivity index (χ4n) is 3.04. The maximum atomic E-state index is 12.9. The van der Waals surface area contributed by atoms with Gasteiger partial charge in [-0.15, -0.1) is 11.3 Å². The molecule has 0 saturated carbocycles. The number of nitrogens with zero attached hydrogens (tertiary/aromatic N) is 1. The largest absolute Gasteiger partial charge is 0.365 e. The van der Waals surface area contributed by atoms with Gasteiger partial charge < -0.3 is 4.84 Å². The predicted molar refractivity (Wildman–Crippen MR) is 118 cm³/mol. The van der Waals surface area contributed by atoms with Gasteiger partial charge in [-0.2, -0.15) is 0 Å². The van der Waals surface area contributed by atoms with E-state index < -0.39 is 5.97 Å². The first-order valence-corrected chi connectivity index (χ1v) is 10.3. The molecule has 0 fully saturated rings. The van der Waals surface area contributed by atoms with E-state index in [-0.39, 0.29) is 11.5 Å². The third-order valence-electron chi connectivity index (χ3n) is 4.55. The number of carbonyl (C=O) groups excluding carboxylic acids is 2. The van der Waals surface area contributed by atoms with Crippen LogP contribution in [-0.4, -0.2) is 17.5 Å². The van der Waals surface area contributed by atoms with Crippen molar-refractivity contribution < 1.29 is 14.4 Å². The van der Waals surface area contributed by atoms with Crippen molar-refractivity contribution >= 4 is 60.6 Å². The maximum absolute atomic E-state index is 12.9. The van der Waals surface area contributed by atoms with Crippen LogP contribution in [0, 0.1) is 0 Å². The van der Waals surface area contributed by atoms with Crippen molar-refractivity contribution in [2.24, 2.45) is 5.16 Å². The number of halogens is 1. The first-order valence-electron chi connectivity index (χ1n) is 9.06. The Labute approximate surface area is 176 Å². The average Bonchev–Trinajstić information content (AvgIpc) is 3.12. The summed E-state index contributed by atoms with van der Waals surface area (Å²) in [5.41, 5.74) is 1.02. The number of hydrogen-bond donors (Lipinski definition) is 0. The molecule has 0 spiro atoms. The van der Waals surface area contributed by atoms with E-state index in [0.29, 0.717) is 22.6 Å². The van der Waals surface area contributed by atoms with Crippen LogP contribution in [-0.2, 0) is 4.84 Å². The lowest BCUT2D eigenvalue weighted by Gasteiger charge is -2.04. The van der Waals surface area contributed by atoms with Crippen LogP contribution in [0.25, 0.3) is 20.2 Å².